The maximum atomic E-state index is 12.6. The summed E-state index contributed by atoms with van der Waals surface area (Å²) >= 11 is 5.76. The molecule has 2 aromatic heterocycles. The van der Waals surface area contributed by atoms with Crippen LogP contribution in [0.4, 0.5) is 0 Å². The Morgan fingerprint density at radius 3 is 2.75 bits per heavy atom. The Morgan fingerprint density at radius 2 is 2.15 bits per heavy atom. The quantitative estimate of drug-likeness (QED) is 0.812. The van der Waals surface area contributed by atoms with E-state index in [1.165, 1.54) is 6.20 Å². The fourth-order valence-electron chi connectivity index (χ4n) is 2.11. The van der Waals surface area contributed by atoms with E-state index in [0.29, 0.717) is 23.3 Å². The topological polar surface area (TPSA) is 46.1 Å². The van der Waals surface area contributed by atoms with E-state index >= 15 is 0 Å². The lowest BCUT2D eigenvalue weighted by molar-refractivity contribution is 0.0729. The number of nitrogens with zero attached hydrogens (tertiary/aromatic N) is 3. The van der Waals surface area contributed by atoms with Gasteiger partial charge in [0.15, 0.2) is 0 Å². The van der Waals surface area contributed by atoms with E-state index in [4.69, 9.17) is 11.6 Å². The van der Waals surface area contributed by atoms with Gasteiger partial charge < -0.3 is 4.90 Å². The predicted molar refractivity (Wildman–Crippen MR) is 76.4 cm³/mol. The molecule has 1 aliphatic rings. The average molecular weight is 288 g/mol. The van der Waals surface area contributed by atoms with Crippen molar-refractivity contribution in [2.24, 2.45) is 0 Å². The van der Waals surface area contributed by atoms with Gasteiger partial charge in [0.25, 0.3) is 5.91 Å². The van der Waals surface area contributed by atoms with Gasteiger partial charge in [-0.2, -0.15) is 0 Å². The lowest BCUT2D eigenvalue weighted by atomic mass is 10.2. The molecule has 1 amide bonds. The standard InChI is InChI=1S/C15H14ClN3O/c16-14-6-3-12(9-18-14)15(20)19(13-4-5-13)10-11-2-1-7-17-8-11/h1-3,6-9,13H,4-5,10H2. The van der Waals surface area contributed by atoms with Crippen molar-refractivity contribution in [3.63, 3.8) is 0 Å². The Kier molecular flexibility index (Phi) is 3.65. The molecule has 0 radical (unpaired) electrons. The van der Waals surface area contributed by atoms with Crippen molar-refractivity contribution in [2.45, 2.75) is 25.4 Å². The van der Waals surface area contributed by atoms with E-state index in [2.05, 4.69) is 9.97 Å². The molecule has 20 heavy (non-hydrogen) atoms. The molecule has 0 spiro atoms. The largest absolute Gasteiger partial charge is 0.331 e. The summed E-state index contributed by atoms with van der Waals surface area (Å²) < 4.78 is 0. The van der Waals surface area contributed by atoms with Crippen molar-refractivity contribution in [2.75, 3.05) is 0 Å². The maximum absolute atomic E-state index is 12.6. The third kappa shape index (κ3) is 2.96. The molecule has 2 aromatic rings. The lowest BCUT2D eigenvalue weighted by Gasteiger charge is -2.22. The van der Waals surface area contributed by atoms with Gasteiger partial charge in [-0.05, 0) is 36.6 Å². The van der Waals surface area contributed by atoms with Gasteiger partial charge in [-0.25, -0.2) is 4.98 Å². The molecule has 3 rings (SSSR count). The summed E-state index contributed by atoms with van der Waals surface area (Å²) in [6, 6.07) is 7.56. The monoisotopic (exact) mass is 287 g/mol. The molecule has 5 heteroatoms. The minimum absolute atomic E-state index is 0.000481. The average Bonchev–Trinajstić information content (AvgIpc) is 3.30. The van der Waals surface area contributed by atoms with Crippen LogP contribution in [0.15, 0.2) is 42.9 Å². The van der Waals surface area contributed by atoms with Crippen LogP contribution in [0.1, 0.15) is 28.8 Å². The second-order valence-electron chi connectivity index (χ2n) is 4.90. The zero-order valence-electron chi connectivity index (χ0n) is 10.9. The van der Waals surface area contributed by atoms with E-state index in [1.54, 1.807) is 24.5 Å². The molecule has 2 heterocycles. The Labute approximate surface area is 122 Å². The molecule has 102 valence electrons. The number of amides is 1. The summed E-state index contributed by atoms with van der Waals surface area (Å²) in [4.78, 5) is 22.5. The van der Waals surface area contributed by atoms with Crippen LogP contribution in [0.2, 0.25) is 5.15 Å². The van der Waals surface area contributed by atoms with Crippen LogP contribution in [0.5, 0.6) is 0 Å². The summed E-state index contributed by atoms with van der Waals surface area (Å²) in [5, 5.41) is 0.395. The minimum Gasteiger partial charge on any atom is -0.331 e. The van der Waals surface area contributed by atoms with E-state index in [1.807, 2.05) is 17.0 Å². The van der Waals surface area contributed by atoms with E-state index in [0.717, 1.165) is 18.4 Å². The Bertz CT molecular complexity index is 596. The second-order valence-corrected chi connectivity index (χ2v) is 5.28. The molecule has 0 bridgehead atoms. The van der Waals surface area contributed by atoms with Crippen LogP contribution >= 0.6 is 11.6 Å². The van der Waals surface area contributed by atoms with Crippen molar-refractivity contribution in [3.05, 3.63) is 59.1 Å². The first-order valence-corrected chi connectivity index (χ1v) is 6.93. The number of carbonyl (C=O) groups excluding carboxylic acids is 1. The van der Waals surface area contributed by atoms with Crippen LogP contribution in [-0.4, -0.2) is 26.8 Å². The third-order valence-electron chi connectivity index (χ3n) is 3.30. The van der Waals surface area contributed by atoms with Crippen molar-refractivity contribution >= 4 is 17.5 Å². The van der Waals surface area contributed by atoms with Crippen molar-refractivity contribution in [3.8, 4) is 0 Å². The summed E-state index contributed by atoms with van der Waals surface area (Å²) in [5.74, 6) is 0.000481. The van der Waals surface area contributed by atoms with E-state index in [-0.39, 0.29) is 5.91 Å². The Morgan fingerprint density at radius 1 is 1.30 bits per heavy atom. The number of halogens is 1. The smallest absolute Gasteiger partial charge is 0.255 e. The lowest BCUT2D eigenvalue weighted by Crippen LogP contribution is -2.32. The molecule has 4 nitrogen and oxygen atoms in total. The van der Waals surface area contributed by atoms with E-state index < -0.39 is 0 Å². The summed E-state index contributed by atoms with van der Waals surface area (Å²) in [7, 11) is 0. The number of rotatable bonds is 4. The van der Waals surface area contributed by atoms with Gasteiger partial charge >= 0.3 is 0 Å². The SMILES string of the molecule is O=C(c1ccc(Cl)nc1)N(Cc1cccnc1)C1CC1. The highest BCUT2D eigenvalue weighted by Crippen LogP contribution is 2.29. The Balaban J connectivity index is 1.80. The molecular formula is C15H14ClN3O. The molecule has 0 aliphatic heterocycles. The summed E-state index contributed by atoms with van der Waals surface area (Å²) in [6.07, 6.45) is 7.18. The number of hydrogen-bond acceptors (Lipinski definition) is 3. The zero-order chi connectivity index (χ0) is 13.9. The minimum atomic E-state index is 0.000481. The molecular weight excluding hydrogens is 274 g/mol. The number of hydrogen-bond donors (Lipinski definition) is 0. The van der Waals surface area contributed by atoms with Gasteiger partial charge in [-0.1, -0.05) is 17.7 Å². The van der Waals surface area contributed by atoms with Crippen LogP contribution in [-0.2, 0) is 6.54 Å². The maximum Gasteiger partial charge on any atom is 0.255 e. The molecule has 1 aliphatic carbocycles. The van der Waals surface area contributed by atoms with Gasteiger partial charge in [0, 0.05) is 31.2 Å². The van der Waals surface area contributed by atoms with Crippen LogP contribution < -0.4 is 0 Å². The molecule has 0 atom stereocenters. The number of carbonyl (C=O) groups is 1. The van der Waals surface area contributed by atoms with Crippen molar-refractivity contribution in [1.82, 2.24) is 14.9 Å². The molecule has 0 aromatic carbocycles. The first kappa shape index (κ1) is 13.1. The first-order chi connectivity index (χ1) is 9.74. The molecule has 1 fully saturated rings. The molecule has 0 unspecified atom stereocenters. The normalized spacial score (nSPS) is 14.1. The summed E-state index contributed by atoms with van der Waals surface area (Å²) in [5.41, 5.74) is 1.61. The van der Waals surface area contributed by atoms with Crippen molar-refractivity contribution in [1.29, 1.82) is 0 Å². The van der Waals surface area contributed by atoms with Crippen LogP contribution in [0, 0.1) is 0 Å². The number of aromatic nitrogens is 2. The van der Waals surface area contributed by atoms with Crippen LogP contribution in [0.25, 0.3) is 0 Å². The molecule has 1 saturated carbocycles. The highest BCUT2D eigenvalue weighted by Gasteiger charge is 2.33. The number of pyridine rings is 2. The van der Waals surface area contributed by atoms with Gasteiger partial charge in [-0.15, -0.1) is 0 Å². The van der Waals surface area contributed by atoms with Gasteiger partial charge in [0.05, 0.1) is 5.56 Å². The molecule has 0 saturated heterocycles. The molecule has 0 N–H and O–H groups in total. The third-order valence-corrected chi connectivity index (χ3v) is 3.52. The van der Waals surface area contributed by atoms with Gasteiger partial charge in [-0.3, -0.25) is 9.78 Å². The van der Waals surface area contributed by atoms with E-state index in [9.17, 15) is 4.79 Å². The first-order valence-electron chi connectivity index (χ1n) is 6.55. The zero-order valence-corrected chi connectivity index (χ0v) is 11.6. The summed E-state index contributed by atoms with van der Waals surface area (Å²) in [6.45, 7) is 0.583. The Hall–Kier alpha value is -1.94. The fourth-order valence-corrected chi connectivity index (χ4v) is 2.22. The van der Waals surface area contributed by atoms with Gasteiger partial charge in [0.2, 0.25) is 0 Å². The van der Waals surface area contributed by atoms with Crippen LogP contribution in [0.3, 0.4) is 0 Å². The van der Waals surface area contributed by atoms with Crippen molar-refractivity contribution < 1.29 is 4.79 Å². The highest BCUT2D eigenvalue weighted by molar-refractivity contribution is 6.29. The van der Waals surface area contributed by atoms with Gasteiger partial charge in [0.1, 0.15) is 5.15 Å². The predicted octanol–water partition coefficient (Wildman–Crippen LogP) is 2.93. The fraction of sp³-hybridized carbons (Fsp3) is 0.267. The highest BCUT2D eigenvalue weighted by atomic mass is 35.5. The second kappa shape index (κ2) is 5.59.